The van der Waals surface area contributed by atoms with Gasteiger partial charge in [-0.2, -0.15) is 5.26 Å². The number of rotatable bonds is 6. The zero-order valence-electron chi connectivity index (χ0n) is 13.2. The molecule has 1 aromatic carbocycles. The number of nitriles is 1. The van der Waals surface area contributed by atoms with Gasteiger partial charge < -0.3 is 14.8 Å². The fraction of sp³-hybridized carbons (Fsp3) is 0.333. The highest BCUT2D eigenvalue weighted by Gasteiger charge is 2.20. The zero-order chi connectivity index (χ0) is 17.6. The summed E-state index contributed by atoms with van der Waals surface area (Å²) in [5, 5.41) is 22.9. The summed E-state index contributed by atoms with van der Waals surface area (Å²) in [6, 6.07) is 4.10. The molecule has 0 heterocycles. The van der Waals surface area contributed by atoms with Gasteiger partial charge in [-0.1, -0.05) is 0 Å². The normalized spacial score (nSPS) is 10.9. The number of hydrogen-bond acceptors (Lipinski definition) is 6. The lowest BCUT2D eigenvalue weighted by Crippen LogP contribution is -2.30. The predicted octanol–water partition coefficient (Wildman–Crippen LogP) is 2.04. The van der Waals surface area contributed by atoms with Crippen LogP contribution in [0.2, 0.25) is 0 Å². The first-order chi connectivity index (χ1) is 10.8. The van der Waals surface area contributed by atoms with E-state index in [4.69, 9.17) is 14.7 Å². The monoisotopic (exact) mass is 319 g/mol. The highest BCUT2D eigenvalue weighted by Crippen LogP contribution is 2.35. The third-order valence-corrected chi connectivity index (χ3v) is 2.81. The molecule has 0 atom stereocenters. The lowest BCUT2D eigenvalue weighted by molar-refractivity contribution is -0.385. The minimum absolute atomic E-state index is 0.0723. The Morgan fingerprint density at radius 2 is 1.91 bits per heavy atom. The molecule has 0 bridgehead atoms. The van der Waals surface area contributed by atoms with Gasteiger partial charge in [0.2, 0.25) is 0 Å². The Labute approximate surface area is 133 Å². The first-order valence-electron chi connectivity index (χ1n) is 6.67. The number of nitro groups is 1. The SMILES string of the molecule is COc1cc(/C=C(\C#N)C(=O)NC(C)C)c([N+](=O)[O-])cc1OC. The van der Waals surface area contributed by atoms with Crippen molar-refractivity contribution in [2.24, 2.45) is 0 Å². The molecule has 0 aliphatic rings. The number of nitrogens with zero attached hydrogens (tertiary/aromatic N) is 2. The van der Waals surface area contributed by atoms with Gasteiger partial charge in [0.15, 0.2) is 11.5 Å². The van der Waals surface area contributed by atoms with E-state index in [1.165, 1.54) is 26.4 Å². The van der Waals surface area contributed by atoms with E-state index < -0.39 is 10.8 Å². The van der Waals surface area contributed by atoms with Crippen LogP contribution in [0.15, 0.2) is 17.7 Å². The summed E-state index contributed by atoms with van der Waals surface area (Å²) in [6.45, 7) is 3.48. The third kappa shape index (κ3) is 4.44. The molecule has 23 heavy (non-hydrogen) atoms. The molecule has 1 amide bonds. The fourth-order valence-corrected chi connectivity index (χ4v) is 1.80. The molecule has 0 fully saturated rings. The van der Waals surface area contributed by atoms with Gasteiger partial charge in [-0.05, 0) is 26.0 Å². The first kappa shape index (κ1) is 18.0. The van der Waals surface area contributed by atoms with E-state index in [2.05, 4.69) is 5.32 Å². The standard InChI is InChI=1S/C15H17N3O5/c1-9(2)17-15(19)11(8-16)5-10-6-13(22-3)14(23-4)7-12(10)18(20)21/h5-7,9H,1-4H3,(H,17,19)/b11-5+. The van der Waals surface area contributed by atoms with Crippen molar-refractivity contribution in [3.05, 3.63) is 33.4 Å². The third-order valence-electron chi connectivity index (χ3n) is 2.81. The van der Waals surface area contributed by atoms with E-state index in [1.54, 1.807) is 19.9 Å². The maximum absolute atomic E-state index is 11.9. The van der Waals surface area contributed by atoms with Crippen molar-refractivity contribution < 1.29 is 19.2 Å². The summed E-state index contributed by atoms with van der Waals surface area (Å²) in [4.78, 5) is 22.5. The molecule has 0 unspecified atom stereocenters. The number of hydrogen-bond donors (Lipinski definition) is 1. The smallest absolute Gasteiger partial charge is 0.280 e. The van der Waals surface area contributed by atoms with Gasteiger partial charge in [0.25, 0.3) is 11.6 Å². The summed E-state index contributed by atoms with van der Waals surface area (Å²) in [6.07, 6.45) is 1.15. The molecular weight excluding hydrogens is 302 g/mol. The minimum atomic E-state index is -0.622. The van der Waals surface area contributed by atoms with Crippen LogP contribution in [0.5, 0.6) is 11.5 Å². The van der Waals surface area contributed by atoms with E-state index in [0.29, 0.717) is 0 Å². The zero-order valence-corrected chi connectivity index (χ0v) is 13.2. The van der Waals surface area contributed by atoms with E-state index in [-0.39, 0.29) is 34.4 Å². The molecule has 0 saturated heterocycles. The van der Waals surface area contributed by atoms with Crippen molar-refractivity contribution in [1.29, 1.82) is 5.26 Å². The van der Waals surface area contributed by atoms with Crippen LogP contribution in [0.25, 0.3) is 6.08 Å². The van der Waals surface area contributed by atoms with Gasteiger partial charge in [0.1, 0.15) is 11.6 Å². The summed E-state index contributed by atoms with van der Waals surface area (Å²) >= 11 is 0. The van der Waals surface area contributed by atoms with Crippen molar-refractivity contribution in [2.75, 3.05) is 14.2 Å². The molecule has 0 spiro atoms. The summed E-state index contributed by atoms with van der Waals surface area (Å²) in [7, 11) is 2.74. The Morgan fingerprint density at radius 1 is 1.35 bits per heavy atom. The topological polar surface area (TPSA) is 114 Å². The summed E-state index contributed by atoms with van der Waals surface area (Å²) in [5.41, 5.74) is -0.468. The molecule has 122 valence electrons. The van der Waals surface area contributed by atoms with Crippen LogP contribution in [0, 0.1) is 21.4 Å². The Balaban J connectivity index is 3.45. The molecule has 1 rings (SSSR count). The van der Waals surface area contributed by atoms with Crippen molar-refractivity contribution in [1.82, 2.24) is 5.32 Å². The first-order valence-corrected chi connectivity index (χ1v) is 6.67. The number of nitrogens with one attached hydrogen (secondary N) is 1. The van der Waals surface area contributed by atoms with Crippen LogP contribution in [-0.2, 0) is 4.79 Å². The van der Waals surface area contributed by atoms with E-state index in [9.17, 15) is 14.9 Å². The van der Waals surface area contributed by atoms with E-state index in [0.717, 1.165) is 6.08 Å². The summed E-state index contributed by atoms with van der Waals surface area (Å²) < 4.78 is 10.1. The number of benzene rings is 1. The average Bonchev–Trinajstić information content (AvgIpc) is 2.50. The lowest BCUT2D eigenvalue weighted by Gasteiger charge is -2.10. The Morgan fingerprint density at radius 3 is 2.35 bits per heavy atom. The highest BCUT2D eigenvalue weighted by atomic mass is 16.6. The second kappa shape index (κ2) is 7.79. The predicted molar refractivity (Wildman–Crippen MR) is 83.1 cm³/mol. The Kier molecular flexibility index (Phi) is 6.09. The van der Waals surface area contributed by atoms with Crippen LogP contribution in [0.4, 0.5) is 5.69 Å². The second-order valence-corrected chi connectivity index (χ2v) is 4.82. The molecular formula is C15H17N3O5. The molecule has 1 N–H and O–H groups in total. The van der Waals surface area contributed by atoms with Crippen molar-refractivity contribution in [3.63, 3.8) is 0 Å². The lowest BCUT2D eigenvalue weighted by atomic mass is 10.1. The molecule has 0 aromatic heterocycles. The molecule has 1 aromatic rings. The second-order valence-electron chi connectivity index (χ2n) is 4.82. The van der Waals surface area contributed by atoms with Crippen LogP contribution < -0.4 is 14.8 Å². The van der Waals surface area contributed by atoms with Crippen LogP contribution >= 0.6 is 0 Å². The largest absolute Gasteiger partial charge is 0.493 e. The Bertz CT molecular complexity index is 689. The maximum atomic E-state index is 11.9. The molecule has 0 aliphatic carbocycles. The molecule has 0 radical (unpaired) electrons. The van der Waals surface area contributed by atoms with Gasteiger partial charge in [0, 0.05) is 6.04 Å². The number of carbonyl (C=O) groups is 1. The molecule has 8 nitrogen and oxygen atoms in total. The maximum Gasteiger partial charge on any atom is 0.280 e. The number of amides is 1. The van der Waals surface area contributed by atoms with Gasteiger partial charge in [-0.15, -0.1) is 0 Å². The van der Waals surface area contributed by atoms with Crippen LogP contribution in [0.1, 0.15) is 19.4 Å². The van der Waals surface area contributed by atoms with Crippen molar-refractivity contribution in [2.45, 2.75) is 19.9 Å². The minimum Gasteiger partial charge on any atom is -0.493 e. The van der Waals surface area contributed by atoms with Gasteiger partial charge >= 0.3 is 0 Å². The van der Waals surface area contributed by atoms with E-state index >= 15 is 0 Å². The van der Waals surface area contributed by atoms with E-state index in [1.807, 2.05) is 0 Å². The van der Waals surface area contributed by atoms with Crippen molar-refractivity contribution >= 4 is 17.7 Å². The van der Waals surface area contributed by atoms with Gasteiger partial charge in [0.05, 0.1) is 30.8 Å². The number of ether oxygens (including phenoxy) is 2. The van der Waals surface area contributed by atoms with Crippen molar-refractivity contribution in [3.8, 4) is 17.6 Å². The highest BCUT2D eigenvalue weighted by molar-refractivity contribution is 6.02. The summed E-state index contributed by atoms with van der Waals surface area (Å²) in [5.74, 6) is -0.168. The van der Waals surface area contributed by atoms with Gasteiger partial charge in [-0.25, -0.2) is 0 Å². The molecule has 0 aliphatic heterocycles. The average molecular weight is 319 g/mol. The van der Waals surface area contributed by atoms with Gasteiger partial charge in [-0.3, -0.25) is 14.9 Å². The fourth-order valence-electron chi connectivity index (χ4n) is 1.80. The van der Waals surface area contributed by atoms with Crippen LogP contribution in [0.3, 0.4) is 0 Å². The Hall–Kier alpha value is -3.08. The quantitative estimate of drug-likeness (QED) is 0.371. The molecule has 8 heteroatoms. The van der Waals surface area contributed by atoms with Crippen LogP contribution in [-0.4, -0.2) is 31.1 Å². The number of methoxy groups -OCH3 is 2. The molecule has 0 saturated carbocycles. The number of carbonyl (C=O) groups excluding carboxylic acids is 1. The number of nitro benzene ring substituents is 1.